The van der Waals surface area contributed by atoms with Gasteiger partial charge >= 0.3 is 0 Å². The third kappa shape index (κ3) is 4.91. The first kappa shape index (κ1) is 18.2. The normalized spacial score (nSPS) is 27.6. The van der Waals surface area contributed by atoms with Crippen LogP contribution < -0.4 is 4.74 Å². The summed E-state index contributed by atoms with van der Waals surface area (Å²) in [7, 11) is 3.74. The van der Waals surface area contributed by atoms with Gasteiger partial charge in [0.05, 0.1) is 19.3 Å². The molecule has 0 aliphatic heterocycles. The van der Waals surface area contributed by atoms with Crippen molar-refractivity contribution in [1.82, 2.24) is 4.90 Å². The second-order valence-electron chi connectivity index (χ2n) is 6.61. The van der Waals surface area contributed by atoms with Crippen molar-refractivity contribution in [2.75, 3.05) is 33.9 Å². The molecular formula is C18H29NO4. The number of nitrogens with zero attached hydrogens (tertiary/aromatic N) is 1. The Kier molecular flexibility index (Phi) is 6.84. The monoisotopic (exact) mass is 323 g/mol. The molecule has 5 nitrogen and oxygen atoms in total. The molecule has 4 atom stereocenters. The van der Waals surface area contributed by atoms with Gasteiger partial charge in [-0.3, -0.25) is 0 Å². The number of rotatable bonds is 8. The van der Waals surface area contributed by atoms with Gasteiger partial charge in [0.15, 0.2) is 0 Å². The van der Waals surface area contributed by atoms with Crippen molar-refractivity contribution in [1.29, 1.82) is 0 Å². The van der Waals surface area contributed by atoms with Gasteiger partial charge in [-0.25, -0.2) is 0 Å². The Morgan fingerprint density at radius 3 is 2.30 bits per heavy atom. The van der Waals surface area contributed by atoms with E-state index in [-0.39, 0.29) is 18.4 Å². The van der Waals surface area contributed by atoms with Crippen LogP contribution in [0.15, 0.2) is 24.3 Å². The molecule has 3 N–H and O–H groups in total. The van der Waals surface area contributed by atoms with E-state index in [1.807, 2.05) is 12.1 Å². The molecule has 0 amide bonds. The Hall–Kier alpha value is -1.14. The van der Waals surface area contributed by atoms with Crippen molar-refractivity contribution >= 4 is 0 Å². The number of likely N-dealkylation sites (N-methyl/N-ethyl adjacent to an activating group) is 1. The molecule has 1 aliphatic carbocycles. The van der Waals surface area contributed by atoms with E-state index in [9.17, 15) is 15.3 Å². The van der Waals surface area contributed by atoms with Gasteiger partial charge in [-0.1, -0.05) is 12.1 Å². The molecule has 0 bridgehead atoms. The summed E-state index contributed by atoms with van der Waals surface area (Å²) in [6.07, 6.45) is 1.02. The molecule has 0 spiro atoms. The van der Waals surface area contributed by atoms with E-state index in [4.69, 9.17) is 4.74 Å². The second-order valence-corrected chi connectivity index (χ2v) is 6.61. The zero-order chi connectivity index (χ0) is 16.8. The fourth-order valence-corrected chi connectivity index (χ4v) is 3.31. The maximum Gasteiger partial charge on any atom is 0.118 e. The van der Waals surface area contributed by atoms with Crippen molar-refractivity contribution in [3.63, 3.8) is 0 Å². The number of hydrogen-bond acceptors (Lipinski definition) is 5. The van der Waals surface area contributed by atoms with Crippen LogP contribution >= 0.6 is 0 Å². The lowest BCUT2D eigenvalue weighted by molar-refractivity contribution is -0.00770. The first-order chi connectivity index (χ1) is 11.0. The molecule has 0 saturated heterocycles. The lowest BCUT2D eigenvalue weighted by Crippen LogP contribution is -2.31. The fraction of sp³-hybridized carbons (Fsp3) is 0.667. The van der Waals surface area contributed by atoms with E-state index < -0.39 is 12.2 Å². The van der Waals surface area contributed by atoms with E-state index in [1.165, 1.54) is 5.56 Å². The third-order valence-corrected chi connectivity index (χ3v) is 4.98. The number of aliphatic hydroxyl groups is 3. The van der Waals surface area contributed by atoms with Crippen LogP contribution in [0, 0.1) is 11.8 Å². The molecule has 0 heterocycles. The van der Waals surface area contributed by atoms with Crippen molar-refractivity contribution in [3.8, 4) is 5.75 Å². The van der Waals surface area contributed by atoms with Crippen LogP contribution in [-0.4, -0.2) is 66.3 Å². The lowest BCUT2D eigenvalue weighted by Gasteiger charge is -2.21. The van der Waals surface area contributed by atoms with Crippen LogP contribution in [0.1, 0.15) is 18.4 Å². The number of aliphatic hydroxyl groups excluding tert-OH is 3. The Labute approximate surface area is 138 Å². The molecule has 130 valence electrons. The van der Waals surface area contributed by atoms with Gasteiger partial charge in [0.25, 0.3) is 0 Å². The van der Waals surface area contributed by atoms with Crippen LogP contribution in [-0.2, 0) is 6.42 Å². The smallest absolute Gasteiger partial charge is 0.118 e. The van der Waals surface area contributed by atoms with Gasteiger partial charge in [0, 0.05) is 19.1 Å². The molecular weight excluding hydrogens is 294 g/mol. The van der Waals surface area contributed by atoms with Gasteiger partial charge in [-0.05, 0) is 56.5 Å². The molecule has 1 fully saturated rings. The summed E-state index contributed by atoms with van der Waals surface area (Å²) in [6.45, 7) is 1.77. The SMILES string of the molecule is COc1ccc(CCN(C)CC[C@H]2C[C@@H](CO)[C@H](O)[C@H]2O)cc1. The minimum absolute atomic E-state index is 0.0535. The predicted octanol–water partition coefficient (Wildman–Crippen LogP) is 0.910. The Morgan fingerprint density at radius 2 is 1.74 bits per heavy atom. The quantitative estimate of drug-likeness (QED) is 0.663. The fourth-order valence-electron chi connectivity index (χ4n) is 3.31. The number of methoxy groups -OCH3 is 1. The minimum Gasteiger partial charge on any atom is -0.497 e. The minimum atomic E-state index is -0.783. The molecule has 1 saturated carbocycles. The molecule has 0 aromatic heterocycles. The average molecular weight is 323 g/mol. The van der Waals surface area contributed by atoms with Crippen LogP contribution in [0.25, 0.3) is 0 Å². The largest absolute Gasteiger partial charge is 0.497 e. The standard InChI is InChI=1S/C18H29NO4/c1-19(9-7-13-3-5-16(23-2)6-4-13)10-8-14-11-15(12-20)18(22)17(14)21/h3-6,14-15,17-18,20-22H,7-12H2,1-2H3/t14-,15-,17-,18-/m0/s1. The number of benzene rings is 1. The molecule has 5 heteroatoms. The molecule has 0 unspecified atom stereocenters. The van der Waals surface area contributed by atoms with E-state index >= 15 is 0 Å². The van der Waals surface area contributed by atoms with Crippen molar-refractivity contribution in [2.24, 2.45) is 11.8 Å². The van der Waals surface area contributed by atoms with Crippen molar-refractivity contribution in [2.45, 2.75) is 31.5 Å². The van der Waals surface area contributed by atoms with Gasteiger partial charge in [-0.2, -0.15) is 0 Å². The first-order valence-corrected chi connectivity index (χ1v) is 8.33. The summed E-state index contributed by atoms with van der Waals surface area (Å²) in [4.78, 5) is 2.25. The summed E-state index contributed by atoms with van der Waals surface area (Å²) in [6, 6.07) is 8.10. The highest BCUT2D eigenvalue weighted by Crippen LogP contribution is 2.33. The first-order valence-electron chi connectivity index (χ1n) is 8.33. The highest BCUT2D eigenvalue weighted by atomic mass is 16.5. The molecule has 0 radical (unpaired) electrons. The molecule has 23 heavy (non-hydrogen) atoms. The molecule has 1 aromatic carbocycles. The lowest BCUT2D eigenvalue weighted by atomic mass is 10.0. The van der Waals surface area contributed by atoms with E-state index in [0.717, 1.165) is 31.7 Å². The number of hydrogen-bond donors (Lipinski definition) is 3. The molecule has 1 aliphatic rings. The van der Waals surface area contributed by atoms with E-state index in [2.05, 4.69) is 24.1 Å². The Morgan fingerprint density at radius 1 is 1.09 bits per heavy atom. The molecule has 1 aromatic rings. The van der Waals surface area contributed by atoms with Crippen molar-refractivity contribution in [3.05, 3.63) is 29.8 Å². The highest BCUT2D eigenvalue weighted by Gasteiger charge is 2.40. The second kappa shape index (κ2) is 8.64. The third-order valence-electron chi connectivity index (χ3n) is 4.98. The summed E-state index contributed by atoms with van der Waals surface area (Å²) >= 11 is 0. The highest BCUT2D eigenvalue weighted by molar-refractivity contribution is 5.27. The van der Waals surface area contributed by atoms with Crippen LogP contribution in [0.3, 0.4) is 0 Å². The Bertz CT molecular complexity index is 465. The number of ether oxygens (including phenoxy) is 1. The van der Waals surface area contributed by atoms with Crippen LogP contribution in [0.5, 0.6) is 5.75 Å². The summed E-state index contributed by atoms with van der Waals surface area (Å²) < 4.78 is 5.15. The van der Waals surface area contributed by atoms with E-state index in [0.29, 0.717) is 6.42 Å². The predicted molar refractivity (Wildman–Crippen MR) is 89.5 cm³/mol. The zero-order valence-corrected chi connectivity index (χ0v) is 14.1. The van der Waals surface area contributed by atoms with E-state index in [1.54, 1.807) is 7.11 Å². The van der Waals surface area contributed by atoms with Gasteiger partial charge in [0.2, 0.25) is 0 Å². The van der Waals surface area contributed by atoms with Crippen molar-refractivity contribution < 1.29 is 20.1 Å². The topological polar surface area (TPSA) is 73.2 Å². The summed E-state index contributed by atoms with van der Waals surface area (Å²) in [5.74, 6) is 0.763. The summed E-state index contributed by atoms with van der Waals surface area (Å²) in [5.41, 5.74) is 1.27. The Balaban J connectivity index is 1.71. The van der Waals surface area contributed by atoms with Gasteiger partial charge in [0.1, 0.15) is 5.75 Å². The van der Waals surface area contributed by atoms with Gasteiger partial charge in [-0.15, -0.1) is 0 Å². The van der Waals surface area contributed by atoms with Gasteiger partial charge < -0.3 is 25.0 Å². The van der Waals surface area contributed by atoms with Crippen LogP contribution in [0.2, 0.25) is 0 Å². The zero-order valence-electron chi connectivity index (χ0n) is 14.1. The van der Waals surface area contributed by atoms with Crippen LogP contribution in [0.4, 0.5) is 0 Å². The average Bonchev–Trinajstić information content (AvgIpc) is 2.86. The maximum atomic E-state index is 10.0. The summed E-state index contributed by atoms with van der Waals surface area (Å²) in [5, 5.41) is 29.1. The maximum absolute atomic E-state index is 10.0. The molecule has 2 rings (SSSR count).